The van der Waals surface area contributed by atoms with E-state index in [1.807, 2.05) is 27.7 Å². The molecule has 1 N–H and O–H groups in total. The number of aryl methyl sites for hydroxylation is 1. The Hall–Kier alpha value is -2.25. The normalized spacial score (nSPS) is 12.4. The summed E-state index contributed by atoms with van der Waals surface area (Å²) in [7, 11) is -2.79. The van der Waals surface area contributed by atoms with Gasteiger partial charge in [0, 0.05) is 27.3 Å². The average Bonchev–Trinajstić information content (AvgIpc) is 2.96. The van der Waals surface area contributed by atoms with Crippen molar-refractivity contribution >= 4 is 36.7 Å². The Balaban J connectivity index is 2.15. The van der Waals surface area contributed by atoms with Crippen LogP contribution in [0.4, 0.5) is 4.79 Å². The number of hydrogen-bond acceptors (Lipinski definition) is 4. The fourth-order valence-corrected chi connectivity index (χ4v) is 6.03. The van der Waals surface area contributed by atoms with Gasteiger partial charge in [-0.05, 0) is 48.2 Å². The number of carboxylic acid groups (broad SMARTS) is 1. The summed E-state index contributed by atoms with van der Waals surface area (Å²) in [6.07, 6.45) is 0.403. The standard InChI is InChI=1S/C20H21NO4S2/c1-13-5-7-15(8-6-13)27(24,25)26-18-11-14-9-10-21(19(22)23)17(14)12-16(18)20(2,3)4/h5-12H,1-4H3,(H,22,23). The molecule has 0 unspecified atom stereocenters. The lowest BCUT2D eigenvalue weighted by atomic mass is 9.86. The Morgan fingerprint density at radius 1 is 1.07 bits per heavy atom. The summed E-state index contributed by atoms with van der Waals surface area (Å²) in [5.74, 6) is 0. The first-order valence-electron chi connectivity index (χ1n) is 8.39. The minimum Gasteiger partial charge on any atom is -0.464 e. The summed E-state index contributed by atoms with van der Waals surface area (Å²) in [5.41, 5.74) is 1.97. The molecule has 1 aromatic heterocycles. The molecular formula is C20H21NO4S2. The summed E-state index contributed by atoms with van der Waals surface area (Å²) in [5, 5.41) is 10.0. The molecule has 0 spiro atoms. The second-order valence-corrected chi connectivity index (χ2v) is 11.3. The number of rotatable bonds is 3. The molecule has 0 amide bonds. The third-order valence-corrected chi connectivity index (χ3v) is 7.68. The number of hydrogen-bond donors (Lipinski definition) is 1. The van der Waals surface area contributed by atoms with Crippen LogP contribution in [0.1, 0.15) is 31.9 Å². The maximum absolute atomic E-state index is 12.9. The number of nitrogens with zero attached hydrogens (tertiary/aromatic N) is 1. The maximum Gasteiger partial charge on any atom is 0.415 e. The van der Waals surface area contributed by atoms with E-state index >= 15 is 0 Å². The lowest BCUT2D eigenvalue weighted by Crippen LogP contribution is -2.14. The third-order valence-electron chi connectivity index (χ3n) is 4.31. The summed E-state index contributed by atoms with van der Waals surface area (Å²) in [6, 6.07) is 12.0. The highest BCUT2D eigenvalue weighted by atomic mass is 33.1. The van der Waals surface area contributed by atoms with Gasteiger partial charge in [-0.1, -0.05) is 38.5 Å². The van der Waals surface area contributed by atoms with Crippen molar-refractivity contribution in [3.63, 3.8) is 0 Å². The molecule has 0 aliphatic rings. The van der Waals surface area contributed by atoms with Crippen LogP contribution in [-0.2, 0) is 14.3 Å². The molecule has 0 bridgehead atoms. The van der Waals surface area contributed by atoms with E-state index in [1.54, 1.807) is 42.5 Å². The summed E-state index contributed by atoms with van der Waals surface area (Å²) in [6.45, 7) is 7.84. The Bertz CT molecular complexity index is 1120. The minimum atomic E-state index is -3.60. The number of carbonyl (C=O) groups is 1. The Labute approximate surface area is 162 Å². The van der Waals surface area contributed by atoms with Gasteiger partial charge >= 0.3 is 6.09 Å². The molecule has 0 atom stereocenters. The molecule has 7 heteroatoms. The molecule has 0 saturated carbocycles. The molecule has 27 heavy (non-hydrogen) atoms. The molecular weight excluding hydrogens is 382 g/mol. The Kier molecular flexibility index (Phi) is 4.86. The zero-order valence-electron chi connectivity index (χ0n) is 15.6. The van der Waals surface area contributed by atoms with Crippen LogP contribution in [0.15, 0.2) is 58.5 Å². The monoisotopic (exact) mass is 403 g/mol. The predicted molar refractivity (Wildman–Crippen MR) is 108 cm³/mol. The maximum atomic E-state index is 12.9. The quantitative estimate of drug-likeness (QED) is 0.604. The first-order valence-corrected chi connectivity index (χ1v) is 11.2. The summed E-state index contributed by atoms with van der Waals surface area (Å²) < 4.78 is 27.0. The van der Waals surface area contributed by atoms with Crippen LogP contribution in [0.5, 0.6) is 0 Å². The molecule has 142 valence electrons. The van der Waals surface area contributed by atoms with E-state index in [1.165, 1.54) is 6.20 Å². The topological polar surface area (TPSA) is 76.4 Å². The highest BCUT2D eigenvalue weighted by Gasteiger charge is 2.25. The molecule has 0 saturated heterocycles. The zero-order valence-corrected chi connectivity index (χ0v) is 17.2. The first-order chi connectivity index (χ1) is 12.5. The van der Waals surface area contributed by atoms with E-state index < -0.39 is 15.0 Å². The first kappa shape index (κ1) is 19.5. The van der Waals surface area contributed by atoms with Gasteiger partial charge in [-0.3, -0.25) is 4.57 Å². The van der Waals surface area contributed by atoms with Crippen LogP contribution in [0, 0.1) is 6.92 Å². The van der Waals surface area contributed by atoms with Gasteiger partial charge < -0.3 is 5.11 Å². The van der Waals surface area contributed by atoms with E-state index in [2.05, 4.69) is 0 Å². The summed E-state index contributed by atoms with van der Waals surface area (Å²) >= 11 is 0. The van der Waals surface area contributed by atoms with Gasteiger partial charge in [-0.2, -0.15) is 0 Å². The van der Waals surface area contributed by atoms with Crippen molar-refractivity contribution in [3.8, 4) is 0 Å². The summed E-state index contributed by atoms with van der Waals surface area (Å²) in [4.78, 5) is 12.3. The van der Waals surface area contributed by atoms with Gasteiger partial charge in [0.15, 0.2) is 0 Å². The number of benzene rings is 2. The molecule has 0 radical (unpaired) electrons. The van der Waals surface area contributed by atoms with E-state index in [0.717, 1.165) is 26.5 Å². The van der Waals surface area contributed by atoms with Crippen molar-refractivity contribution in [2.75, 3.05) is 0 Å². The van der Waals surface area contributed by atoms with Gasteiger partial charge in [0.25, 0.3) is 0 Å². The predicted octanol–water partition coefficient (Wildman–Crippen LogP) is 5.25. The van der Waals surface area contributed by atoms with Crippen molar-refractivity contribution in [3.05, 3.63) is 59.8 Å². The van der Waals surface area contributed by atoms with E-state index in [4.69, 9.17) is 0 Å². The highest BCUT2D eigenvalue weighted by molar-refractivity contribution is 8.72. The van der Waals surface area contributed by atoms with Crippen LogP contribution >= 0.6 is 10.8 Å². The third kappa shape index (κ3) is 3.89. The smallest absolute Gasteiger partial charge is 0.415 e. The fourth-order valence-electron chi connectivity index (χ4n) is 2.85. The lowest BCUT2D eigenvalue weighted by molar-refractivity contribution is 0.197. The Morgan fingerprint density at radius 2 is 1.70 bits per heavy atom. The molecule has 0 fully saturated rings. The molecule has 1 heterocycles. The highest BCUT2D eigenvalue weighted by Crippen LogP contribution is 2.40. The van der Waals surface area contributed by atoms with Crippen molar-refractivity contribution in [1.82, 2.24) is 4.57 Å². The number of aromatic nitrogens is 1. The van der Waals surface area contributed by atoms with Gasteiger partial charge in [0.2, 0.25) is 8.87 Å². The van der Waals surface area contributed by atoms with Gasteiger partial charge in [0.05, 0.1) is 10.4 Å². The van der Waals surface area contributed by atoms with E-state index in [0.29, 0.717) is 15.8 Å². The average molecular weight is 404 g/mol. The largest absolute Gasteiger partial charge is 0.464 e. The number of fused-ring (bicyclic) bond motifs is 1. The van der Waals surface area contributed by atoms with Crippen LogP contribution in [0.25, 0.3) is 10.9 Å². The van der Waals surface area contributed by atoms with Crippen LogP contribution in [0.2, 0.25) is 0 Å². The molecule has 0 aliphatic carbocycles. The fraction of sp³-hybridized carbons (Fsp3) is 0.250. The molecule has 2 aromatic carbocycles. The zero-order chi connectivity index (χ0) is 20.0. The molecule has 3 aromatic rings. The van der Waals surface area contributed by atoms with Crippen LogP contribution in [-0.4, -0.2) is 24.2 Å². The van der Waals surface area contributed by atoms with Crippen molar-refractivity contribution in [2.45, 2.75) is 42.9 Å². The SMILES string of the molecule is Cc1ccc(S(=O)(=O)Sc2cc3ccn(C(=O)O)c3cc2C(C)(C)C)cc1. The van der Waals surface area contributed by atoms with Crippen molar-refractivity contribution < 1.29 is 18.3 Å². The molecule has 3 rings (SSSR count). The van der Waals surface area contributed by atoms with Gasteiger partial charge in [0.1, 0.15) is 0 Å². The second kappa shape index (κ2) is 6.73. The molecule has 5 nitrogen and oxygen atoms in total. The van der Waals surface area contributed by atoms with Gasteiger partial charge in [-0.25, -0.2) is 13.2 Å². The second-order valence-electron chi connectivity index (χ2n) is 7.48. The molecule has 0 aliphatic heterocycles. The van der Waals surface area contributed by atoms with Gasteiger partial charge in [-0.15, -0.1) is 0 Å². The van der Waals surface area contributed by atoms with Crippen LogP contribution in [0.3, 0.4) is 0 Å². The Morgan fingerprint density at radius 3 is 2.26 bits per heavy atom. The lowest BCUT2D eigenvalue weighted by Gasteiger charge is -2.23. The van der Waals surface area contributed by atoms with Crippen molar-refractivity contribution in [1.29, 1.82) is 0 Å². The van der Waals surface area contributed by atoms with Crippen LogP contribution < -0.4 is 0 Å². The minimum absolute atomic E-state index is 0.251. The van der Waals surface area contributed by atoms with Crippen molar-refractivity contribution in [2.24, 2.45) is 0 Å². The van der Waals surface area contributed by atoms with E-state index in [-0.39, 0.29) is 10.3 Å². The van der Waals surface area contributed by atoms with E-state index in [9.17, 15) is 18.3 Å².